The van der Waals surface area contributed by atoms with E-state index in [2.05, 4.69) is 38.0 Å². The quantitative estimate of drug-likeness (QED) is 0.221. The van der Waals surface area contributed by atoms with Gasteiger partial charge in [-0.05, 0) is 75.5 Å². The average molecular weight is 465 g/mol. The van der Waals surface area contributed by atoms with Crippen LogP contribution in [-0.2, 0) is 9.53 Å². The van der Waals surface area contributed by atoms with Gasteiger partial charge < -0.3 is 15.4 Å². The number of unbranched alkanes of at least 4 members (excludes halogenated alkanes) is 7. The molecule has 0 aromatic heterocycles. The molecule has 4 nitrogen and oxygen atoms in total. The monoisotopic (exact) mass is 464 g/mol. The lowest BCUT2D eigenvalue weighted by molar-refractivity contribution is -0.121. The Labute approximate surface area is 206 Å². The van der Waals surface area contributed by atoms with Crippen LogP contribution in [0.15, 0.2) is 12.3 Å². The molecule has 0 saturated heterocycles. The molecule has 2 aliphatic carbocycles. The Kier molecular flexibility index (Phi) is 17.5. The summed E-state index contributed by atoms with van der Waals surface area (Å²) in [6.45, 7) is 12.3. The molecule has 1 amide bonds. The van der Waals surface area contributed by atoms with Crippen molar-refractivity contribution in [2.75, 3.05) is 20.2 Å². The molecule has 2 aliphatic rings. The zero-order chi connectivity index (χ0) is 24.3. The largest absolute Gasteiger partial charge is 0.392 e. The molecule has 33 heavy (non-hydrogen) atoms. The first kappa shape index (κ1) is 30.0. The van der Waals surface area contributed by atoms with Crippen molar-refractivity contribution in [2.45, 2.75) is 130 Å². The van der Waals surface area contributed by atoms with Gasteiger partial charge in [-0.25, -0.2) is 0 Å². The summed E-state index contributed by atoms with van der Waals surface area (Å²) < 4.78 is 6.13. The van der Waals surface area contributed by atoms with Gasteiger partial charge in [-0.3, -0.25) is 4.79 Å². The molecule has 0 heterocycles. The predicted octanol–water partition coefficient (Wildman–Crippen LogP) is 7.38. The van der Waals surface area contributed by atoms with Gasteiger partial charge in [-0.1, -0.05) is 65.9 Å². The number of rotatable bonds is 17. The maximum Gasteiger partial charge on any atom is 0.219 e. The minimum Gasteiger partial charge on any atom is -0.392 e. The molecule has 194 valence electrons. The summed E-state index contributed by atoms with van der Waals surface area (Å²) in [5.41, 5.74) is 1.16. The molecule has 0 radical (unpaired) electrons. The first-order valence-electron chi connectivity index (χ1n) is 14.3. The summed E-state index contributed by atoms with van der Waals surface area (Å²) in [7, 11) is 1.92. The van der Waals surface area contributed by atoms with E-state index in [-0.39, 0.29) is 5.91 Å². The maximum absolute atomic E-state index is 11.8. The number of nitrogens with one attached hydrogen (secondary N) is 2. The Morgan fingerprint density at radius 2 is 1.52 bits per heavy atom. The predicted molar refractivity (Wildman–Crippen MR) is 142 cm³/mol. The van der Waals surface area contributed by atoms with Gasteiger partial charge in [0.25, 0.3) is 0 Å². The van der Waals surface area contributed by atoms with E-state index in [1.165, 1.54) is 70.6 Å². The van der Waals surface area contributed by atoms with Crippen molar-refractivity contribution in [2.24, 2.45) is 17.8 Å². The van der Waals surface area contributed by atoms with E-state index in [9.17, 15) is 4.79 Å². The van der Waals surface area contributed by atoms with Crippen molar-refractivity contribution < 1.29 is 9.53 Å². The summed E-state index contributed by atoms with van der Waals surface area (Å²) in [6.07, 6.45) is 19.9. The van der Waals surface area contributed by atoms with Gasteiger partial charge in [-0.15, -0.1) is 0 Å². The van der Waals surface area contributed by atoms with E-state index < -0.39 is 0 Å². The zero-order valence-corrected chi connectivity index (χ0v) is 22.6. The van der Waals surface area contributed by atoms with Crippen molar-refractivity contribution in [1.29, 1.82) is 0 Å². The third kappa shape index (κ3) is 14.1. The fourth-order valence-corrected chi connectivity index (χ4v) is 5.03. The van der Waals surface area contributed by atoms with Crippen molar-refractivity contribution in [3.05, 3.63) is 12.3 Å². The van der Waals surface area contributed by atoms with Crippen LogP contribution in [0.4, 0.5) is 0 Å². The molecule has 0 aromatic rings. The molecule has 2 rings (SSSR count). The van der Waals surface area contributed by atoms with Crippen LogP contribution in [0.2, 0.25) is 0 Å². The van der Waals surface area contributed by atoms with Crippen LogP contribution in [0.25, 0.3) is 0 Å². The lowest BCUT2D eigenvalue weighted by Crippen LogP contribution is -2.41. The molecule has 4 atom stereocenters. The summed E-state index contributed by atoms with van der Waals surface area (Å²) in [5, 5.41) is 6.07. The van der Waals surface area contributed by atoms with Gasteiger partial charge >= 0.3 is 0 Å². The highest BCUT2D eigenvalue weighted by Gasteiger charge is 2.40. The summed E-state index contributed by atoms with van der Waals surface area (Å²) >= 11 is 0. The lowest BCUT2D eigenvalue weighted by Gasteiger charge is -2.46. The van der Waals surface area contributed by atoms with Crippen LogP contribution in [0.3, 0.4) is 0 Å². The van der Waals surface area contributed by atoms with Crippen LogP contribution in [0, 0.1) is 17.8 Å². The van der Waals surface area contributed by atoms with Crippen LogP contribution < -0.4 is 10.6 Å². The molecule has 4 heteroatoms. The molecule has 0 bridgehead atoms. The first-order chi connectivity index (χ1) is 16.0. The number of carbonyl (C=O) groups excluding carboxylic acids is 1. The molecule has 0 aliphatic heterocycles. The van der Waals surface area contributed by atoms with Crippen molar-refractivity contribution in [1.82, 2.24) is 10.6 Å². The second kappa shape index (κ2) is 19.3. The van der Waals surface area contributed by atoms with Gasteiger partial charge in [0.15, 0.2) is 0 Å². The van der Waals surface area contributed by atoms with E-state index in [1.54, 1.807) is 0 Å². The van der Waals surface area contributed by atoms with Gasteiger partial charge in [0.2, 0.25) is 5.91 Å². The normalized spacial score (nSPS) is 23.5. The molecule has 0 spiro atoms. The fraction of sp³-hybridized carbons (Fsp3) is 0.897. The number of amides is 1. The van der Waals surface area contributed by atoms with Gasteiger partial charge in [0, 0.05) is 32.3 Å². The van der Waals surface area contributed by atoms with Crippen molar-refractivity contribution >= 4 is 5.91 Å². The van der Waals surface area contributed by atoms with Gasteiger partial charge in [0.05, 0.1) is 6.10 Å². The standard InChI is InChI=1S/C21H39NO2.C8H17N/c1-3-4-5-6-8-13-22-21(23)10-7-9-14-24-20-16-19-12-11-18(19)15-17(20)2;1-4-5-6-7-8(2)9-3/h17-20H,3-16H2,1-2H3,(H,22,23);9H,2,4-7H2,1,3H3. The minimum atomic E-state index is 0.217. The van der Waals surface area contributed by atoms with Crippen LogP contribution in [0.1, 0.15) is 124 Å². The maximum atomic E-state index is 11.8. The molecule has 0 aromatic carbocycles. The number of fused-ring (bicyclic) bond motifs is 1. The van der Waals surface area contributed by atoms with E-state index in [1.807, 2.05) is 7.05 Å². The van der Waals surface area contributed by atoms with E-state index in [4.69, 9.17) is 4.74 Å². The smallest absolute Gasteiger partial charge is 0.219 e. The lowest BCUT2D eigenvalue weighted by atomic mass is 9.62. The second-order valence-electron chi connectivity index (χ2n) is 10.5. The first-order valence-corrected chi connectivity index (χ1v) is 14.3. The van der Waals surface area contributed by atoms with Crippen LogP contribution in [-0.4, -0.2) is 32.2 Å². The average Bonchev–Trinajstić information content (AvgIpc) is 2.80. The number of hydrogen-bond acceptors (Lipinski definition) is 3. The molecule has 4 unspecified atom stereocenters. The molecule has 2 saturated carbocycles. The fourth-order valence-electron chi connectivity index (χ4n) is 5.03. The number of hydrogen-bond donors (Lipinski definition) is 2. The van der Waals surface area contributed by atoms with E-state index >= 15 is 0 Å². The third-order valence-corrected chi connectivity index (χ3v) is 7.59. The Balaban J connectivity index is 0.000000513. The minimum absolute atomic E-state index is 0.217. The van der Waals surface area contributed by atoms with Crippen LogP contribution in [0.5, 0.6) is 0 Å². The molecular formula is C29H56N2O2. The van der Waals surface area contributed by atoms with Gasteiger partial charge in [-0.2, -0.15) is 0 Å². The van der Waals surface area contributed by atoms with Crippen molar-refractivity contribution in [3.63, 3.8) is 0 Å². The van der Waals surface area contributed by atoms with E-state index in [0.717, 1.165) is 62.3 Å². The number of carbonyl (C=O) groups is 1. The second-order valence-corrected chi connectivity index (χ2v) is 10.5. The summed E-state index contributed by atoms with van der Waals surface area (Å²) in [4.78, 5) is 11.8. The highest BCUT2D eigenvalue weighted by Crippen LogP contribution is 2.47. The Bertz CT molecular complexity index is 508. The Morgan fingerprint density at radius 3 is 2.18 bits per heavy atom. The Morgan fingerprint density at radius 1 is 0.879 bits per heavy atom. The number of ether oxygens (including phenoxy) is 1. The number of allylic oxidation sites excluding steroid dienone is 1. The van der Waals surface area contributed by atoms with Crippen LogP contribution >= 0.6 is 0 Å². The van der Waals surface area contributed by atoms with Gasteiger partial charge in [0.1, 0.15) is 0 Å². The highest BCUT2D eigenvalue weighted by atomic mass is 16.5. The Hall–Kier alpha value is -1.03. The zero-order valence-electron chi connectivity index (χ0n) is 22.6. The summed E-state index contributed by atoms with van der Waals surface area (Å²) in [5.74, 6) is 2.90. The molecular weight excluding hydrogens is 408 g/mol. The summed E-state index contributed by atoms with van der Waals surface area (Å²) in [6, 6.07) is 0. The van der Waals surface area contributed by atoms with E-state index in [0.29, 0.717) is 12.5 Å². The molecule has 2 N–H and O–H groups in total. The SMILES string of the molecule is C=C(CCCCC)NC.CCCCCCCNC(=O)CCCCOC1CC2CCC2CC1C. The highest BCUT2D eigenvalue weighted by molar-refractivity contribution is 5.75. The van der Waals surface area contributed by atoms with Crippen molar-refractivity contribution in [3.8, 4) is 0 Å². The third-order valence-electron chi connectivity index (χ3n) is 7.59. The molecule has 2 fully saturated rings. The topological polar surface area (TPSA) is 50.4 Å².